The summed E-state index contributed by atoms with van der Waals surface area (Å²) >= 11 is 12.0. The highest BCUT2D eigenvalue weighted by atomic mass is 35.5. The van der Waals surface area contributed by atoms with Crippen LogP contribution in [0.1, 0.15) is 21.7 Å². The van der Waals surface area contributed by atoms with Crippen molar-refractivity contribution in [2.45, 2.75) is 13.8 Å². The van der Waals surface area contributed by atoms with Crippen molar-refractivity contribution in [3.05, 3.63) is 98.0 Å². The van der Waals surface area contributed by atoms with Crippen LogP contribution >= 0.6 is 23.2 Å². The van der Waals surface area contributed by atoms with Crippen molar-refractivity contribution in [1.82, 2.24) is 9.55 Å². The standard InChI is InChI=1S/C23H17Cl2N3O2/c1-13-11-16(28-14(2)26-21-6-4-3-5-18(21)23(28)30)8-10-20(13)27-22(29)17-9-7-15(24)12-19(17)25/h3-12H,1-2H3,(H,27,29). The lowest BCUT2D eigenvalue weighted by Gasteiger charge is -2.14. The van der Waals surface area contributed by atoms with Crippen LogP contribution < -0.4 is 10.9 Å². The largest absolute Gasteiger partial charge is 0.322 e. The van der Waals surface area contributed by atoms with Crippen LogP contribution in [0, 0.1) is 13.8 Å². The normalized spacial score (nSPS) is 10.9. The Morgan fingerprint density at radius 3 is 2.50 bits per heavy atom. The molecule has 4 aromatic rings. The molecule has 1 aromatic heterocycles. The Morgan fingerprint density at radius 2 is 1.77 bits per heavy atom. The first-order valence-electron chi connectivity index (χ1n) is 9.21. The van der Waals surface area contributed by atoms with Crippen molar-refractivity contribution >= 4 is 45.7 Å². The number of amides is 1. The third-order valence-electron chi connectivity index (χ3n) is 4.84. The van der Waals surface area contributed by atoms with Crippen molar-refractivity contribution < 1.29 is 4.79 Å². The number of aromatic nitrogens is 2. The van der Waals surface area contributed by atoms with Crippen LogP contribution in [0.4, 0.5) is 5.69 Å². The average molecular weight is 438 g/mol. The monoisotopic (exact) mass is 437 g/mol. The summed E-state index contributed by atoms with van der Waals surface area (Å²) in [6, 6.07) is 17.3. The number of rotatable bonds is 3. The van der Waals surface area contributed by atoms with Gasteiger partial charge in [-0.2, -0.15) is 0 Å². The fourth-order valence-electron chi connectivity index (χ4n) is 3.34. The van der Waals surface area contributed by atoms with Gasteiger partial charge in [0.2, 0.25) is 0 Å². The van der Waals surface area contributed by atoms with Gasteiger partial charge in [0.15, 0.2) is 0 Å². The van der Waals surface area contributed by atoms with E-state index in [0.29, 0.717) is 38.7 Å². The van der Waals surface area contributed by atoms with Gasteiger partial charge >= 0.3 is 0 Å². The summed E-state index contributed by atoms with van der Waals surface area (Å²) in [5.41, 5.74) is 2.95. The SMILES string of the molecule is Cc1cc(-n2c(C)nc3ccccc3c2=O)ccc1NC(=O)c1ccc(Cl)cc1Cl. The second kappa shape index (κ2) is 7.94. The number of fused-ring (bicyclic) bond motifs is 1. The molecule has 3 aromatic carbocycles. The van der Waals surface area contributed by atoms with Crippen LogP contribution in [0.25, 0.3) is 16.6 Å². The molecule has 150 valence electrons. The second-order valence-corrected chi connectivity index (χ2v) is 7.74. The van der Waals surface area contributed by atoms with Gasteiger partial charge in [0.05, 0.1) is 27.2 Å². The lowest BCUT2D eigenvalue weighted by Crippen LogP contribution is -2.22. The number of hydrogen-bond donors (Lipinski definition) is 1. The van der Waals surface area contributed by atoms with E-state index in [-0.39, 0.29) is 16.5 Å². The molecule has 1 amide bonds. The van der Waals surface area contributed by atoms with Crippen LogP contribution in [0.3, 0.4) is 0 Å². The minimum Gasteiger partial charge on any atom is -0.322 e. The predicted octanol–water partition coefficient (Wildman–Crippen LogP) is 5.56. The van der Waals surface area contributed by atoms with Gasteiger partial charge in [0.25, 0.3) is 11.5 Å². The number of hydrogen-bond acceptors (Lipinski definition) is 3. The summed E-state index contributed by atoms with van der Waals surface area (Å²) in [5.74, 6) is 0.246. The first-order valence-corrected chi connectivity index (χ1v) is 9.96. The number of anilines is 1. The molecule has 0 aliphatic heterocycles. The first kappa shape index (κ1) is 20.1. The quantitative estimate of drug-likeness (QED) is 0.456. The second-order valence-electron chi connectivity index (χ2n) is 6.89. The Balaban J connectivity index is 1.70. The van der Waals surface area contributed by atoms with Crippen molar-refractivity contribution in [2.75, 3.05) is 5.32 Å². The lowest BCUT2D eigenvalue weighted by molar-refractivity contribution is 0.102. The minimum absolute atomic E-state index is 0.137. The number of nitrogens with one attached hydrogen (secondary N) is 1. The first-order chi connectivity index (χ1) is 14.3. The number of halogens is 2. The number of carbonyl (C=O) groups is 1. The van der Waals surface area contributed by atoms with Crippen molar-refractivity contribution in [3.63, 3.8) is 0 Å². The molecule has 0 radical (unpaired) electrons. The fourth-order valence-corrected chi connectivity index (χ4v) is 3.83. The highest BCUT2D eigenvalue weighted by Gasteiger charge is 2.14. The molecule has 0 spiro atoms. The van der Waals surface area contributed by atoms with E-state index in [1.807, 2.05) is 31.2 Å². The van der Waals surface area contributed by atoms with Crippen molar-refractivity contribution in [2.24, 2.45) is 0 Å². The van der Waals surface area contributed by atoms with E-state index >= 15 is 0 Å². The average Bonchev–Trinajstić information content (AvgIpc) is 2.70. The summed E-state index contributed by atoms with van der Waals surface area (Å²) < 4.78 is 1.57. The van der Waals surface area contributed by atoms with Crippen LogP contribution in [0.15, 0.2) is 65.5 Å². The molecule has 0 saturated carbocycles. The maximum atomic E-state index is 13.0. The van der Waals surface area contributed by atoms with E-state index in [1.54, 1.807) is 41.8 Å². The van der Waals surface area contributed by atoms with Crippen LogP contribution in [0.2, 0.25) is 10.0 Å². The van der Waals surface area contributed by atoms with Gasteiger partial charge in [0, 0.05) is 10.7 Å². The van der Waals surface area contributed by atoms with E-state index in [1.165, 1.54) is 6.07 Å². The van der Waals surface area contributed by atoms with Gasteiger partial charge in [0.1, 0.15) is 5.82 Å². The molecule has 0 fully saturated rings. The minimum atomic E-state index is -0.340. The molecule has 30 heavy (non-hydrogen) atoms. The molecule has 0 aliphatic rings. The summed E-state index contributed by atoms with van der Waals surface area (Å²) in [7, 11) is 0. The molecular weight excluding hydrogens is 421 g/mol. The van der Waals surface area contributed by atoms with E-state index in [9.17, 15) is 9.59 Å². The molecule has 4 rings (SSSR count). The summed E-state index contributed by atoms with van der Waals surface area (Å²) in [6.07, 6.45) is 0. The summed E-state index contributed by atoms with van der Waals surface area (Å²) in [5, 5.41) is 4.14. The third kappa shape index (κ3) is 3.70. The predicted molar refractivity (Wildman–Crippen MR) is 121 cm³/mol. The van der Waals surface area contributed by atoms with Gasteiger partial charge in [-0.25, -0.2) is 4.98 Å². The molecule has 7 heteroatoms. The fraction of sp³-hybridized carbons (Fsp3) is 0.0870. The number of para-hydroxylation sites is 1. The van der Waals surface area contributed by atoms with Crippen molar-refractivity contribution in [1.29, 1.82) is 0 Å². The summed E-state index contributed by atoms with van der Waals surface area (Å²) in [6.45, 7) is 3.65. The zero-order valence-electron chi connectivity index (χ0n) is 16.2. The van der Waals surface area contributed by atoms with Gasteiger partial charge < -0.3 is 5.32 Å². The van der Waals surface area contributed by atoms with E-state index in [4.69, 9.17) is 23.2 Å². The smallest absolute Gasteiger partial charge is 0.265 e. The van der Waals surface area contributed by atoms with Crippen molar-refractivity contribution in [3.8, 4) is 5.69 Å². The van der Waals surface area contributed by atoms with Gasteiger partial charge in [-0.1, -0.05) is 35.3 Å². The number of carbonyl (C=O) groups excluding carboxylic acids is 1. The zero-order chi connectivity index (χ0) is 21.4. The van der Waals surface area contributed by atoms with Crippen LogP contribution in [-0.4, -0.2) is 15.5 Å². The zero-order valence-corrected chi connectivity index (χ0v) is 17.8. The molecule has 1 heterocycles. The Bertz CT molecular complexity index is 1360. The highest BCUT2D eigenvalue weighted by Crippen LogP contribution is 2.24. The Labute approximate surface area is 182 Å². The molecular formula is C23H17Cl2N3O2. The topological polar surface area (TPSA) is 64.0 Å². The number of nitrogens with zero attached hydrogens (tertiary/aromatic N) is 2. The molecule has 0 unspecified atom stereocenters. The highest BCUT2D eigenvalue weighted by molar-refractivity contribution is 6.37. The molecule has 0 atom stereocenters. The molecule has 5 nitrogen and oxygen atoms in total. The molecule has 1 N–H and O–H groups in total. The van der Waals surface area contributed by atoms with Gasteiger partial charge in [-0.3, -0.25) is 14.2 Å². The Kier molecular flexibility index (Phi) is 5.33. The third-order valence-corrected chi connectivity index (χ3v) is 5.38. The summed E-state index contributed by atoms with van der Waals surface area (Å²) in [4.78, 5) is 30.1. The van der Waals surface area contributed by atoms with Crippen LogP contribution in [-0.2, 0) is 0 Å². The molecule has 0 saturated heterocycles. The number of aryl methyl sites for hydroxylation is 2. The number of benzene rings is 3. The maximum Gasteiger partial charge on any atom is 0.265 e. The van der Waals surface area contributed by atoms with E-state index in [2.05, 4.69) is 10.3 Å². The molecule has 0 bridgehead atoms. The van der Waals surface area contributed by atoms with Gasteiger partial charge in [-0.15, -0.1) is 0 Å². The maximum absolute atomic E-state index is 13.0. The molecule has 0 aliphatic carbocycles. The lowest BCUT2D eigenvalue weighted by atomic mass is 10.1. The van der Waals surface area contributed by atoms with Crippen LogP contribution in [0.5, 0.6) is 0 Å². The van der Waals surface area contributed by atoms with E-state index in [0.717, 1.165) is 5.56 Å². The van der Waals surface area contributed by atoms with E-state index < -0.39 is 0 Å². The van der Waals surface area contributed by atoms with Gasteiger partial charge in [-0.05, 0) is 67.9 Å². The Morgan fingerprint density at radius 1 is 1.00 bits per heavy atom. The Hall–Kier alpha value is -3.15.